The summed E-state index contributed by atoms with van der Waals surface area (Å²) >= 11 is 0. The fourth-order valence-electron chi connectivity index (χ4n) is 4.56. The largest absolute Gasteiger partial charge is 0.407 e. The number of aromatic nitrogens is 2. The second kappa shape index (κ2) is 10.3. The zero-order valence-corrected chi connectivity index (χ0v) is 21.1. The van der Waals surface area contributed by atoms with Gasteiger partial charge in [-0.15, -0.1) is 0 Å². The first-order chi connectivity index (χ1) is 16.4. The van der Waals surface area contributed by atoms with Gasteiger partial charge in [0.05, 0.1) is 12.2 Å². The molecular formula is C29H32N2O2Si. The van der Waals surface area contributed by atoms with Crippen LogP contribution in [0, 0.1) is 0 Å². The van der Waals surface area contributed by atoms with Crippen molar-refractivity contribution in [2.45, 2.75) is 38.8 Å². The molecule has 0 radical (unpaired) electrons. The van der Waals surface area contributed by atoms with E-state index < -0.39 is 8.32 Å². The van der Waals surface area contributed by atoms with E-state index in [0.29, 0.717) is 19.6 Å². The van der Waals surface area contributed by atoms with Crippen LogP contribution >= 0.6 is 0 Å². The number of hydrogen-bond donors (Lipinski definition) is 0. The van der Waals surface area contributed by atoms with E-state index in [9.17, 15) is 4.79 Å². The van der Waals surface area contributed by atoms with Gasteiger partial charge in [-0.05, 0) is 27.0 Å². The summed E-state index contributed by atoms with van der Waals surface area (Å²) in [4.78, 5) is 12.4. The summed E-state index contributed by atoms with van der Waals surface area (Å²) in [6.45, 7) is 7.82. The van der Waals surface area contributed by atoms with Gasteiger partial charge in [-0.3, -0.25) is 4.79 Å². The highest BCUT2D eigenvalue weighted by Crippen LogP contribution is 2.36. The van der Waals surface area contributed by atoms with E-state index >= 15 is 0 Å². The molecule has 0 N–H and O–H groups in total. The Kier molecular flexibility index (Phi) is 7.25. The van der Waals surface area contributed by atoms with Crippen molar-refractivity contribution in [2.75, 3.05) is 6.61 Å². The molecule has 0 fully saturated rings. The van der Waals surface area contributed by atoms with Crippen molar-refractivity contribution in [1.82, 2.24) is 9.78 Å². The monoisotopic (exact) mass is 468 g/mol. The van der Waals surface area contributed by atoms with Crippen molar-refractivity contribution >= 4 is 18.7 Å². The topological polar surface area (TPSA) is 44.1 Å². The molecule has 0 saturated carbocycles. The van der Waals surface area contributed by atoms with Gasteiger partial charge >= 0.3 is 0 Å². The lowest BCUT2D eigenvalue weighted by Crippen LogP contribution is -2.66. The van der Waals surface area contributed by atoms with Crippen LogP contribution in [0.5, 0.6) is 0 Å². The van der Waals surface area contributed by atoms with Crippen molar-refractivity contribution in [2.24, 2.45) is 0 Å². The Morgan fingerprint density at radius 3 is 1.82 bits per heavy atom. The molecule has 4 aromatic rings. The van der Waals surface area contributed by atoms with E-state index in [0.717, 1.165) is 11.3 Å². The molecule has 0 aliphatic rings. The Bertz CT molecular complexity index is 1210. The van der Waals surface area contributed by atoms with Crippen LogP contribution in [0.3, 0.4) is 0 Å². The molecule has 0 aliphatic carbocycles. The summed E-state index contributed by atoms with van der Waals surface area (Å²) in [7, 11) is -2.58. The SMILES string of the molecule is CC(C)(C)[Si](OCCc1ccc(=O)n(Cc2ccccc2)n1)(c1ccccc1)c1ccccc1. The van der Waals surface area contributed by atoms with Gasteiger partial charge in [0.2, 0.25) is 0 Å². The third-order valence-corrected chi connectivity index (χ3v) is 11.2. The lowest BCUT2D eigenvalue weighted by molar-refractivity contribution is 0.299. The molecule has 1 heterocycles. The zero-order valence-electron chi connectivity index (χ0n) is 20.1. The number of rotatable bonds is 8. The van der Waals surface area contributed by atoms with E-state index in [-0.39, 0.29) is 10.6 Å². The molecule has 1 aromatic heterocycles. The molecule has 4 nitrogen and oxygen atoms in total. The van der Waals surface area contributed by atoms with Crippen LogP contribution in [0.15, 0.2) is 108 Å². The van der Waals surface area contributed by atoms with E-state index in [2.05, 4.69) is 86.5 Å². The highest BCUT2D eigenvalue weighted by Gasteiger charge is 2.49. The third-order valence-electron chi connectivity index (χ3n) is 6.19. The quantitative estimate of drug-likeness (QED) is 0.360. The Morgan fingerprint density at radius 1 is 0.765 bits per heavy atom. The minimum atomic E-state index is -2.58. The van der Waals surface area contributed by atoms with Gasteiger partial charge in [0.15, 0.2) is 0 Å². The third kappa shape index (κ3) is 5.11. The smallest absolute Gasteiger partial charge is 0.267 e. The maximum Gasteiger partial charge on any atom is 0.267 e. The number of hydrogen-bond acceptors (Lipinski definition) is 3. The number of benzene rings is 3. The maximum atomic E-state index is 12.4. The molecule has 0 aliphatic heterocycles. The Balaban J connectivity index is 1.61. The lowest BCUT2D eigenvalue weighted by Gasteiger charge is -2.43. The number of nitrogens with zero attached hydrogens (tertiary/aromatic N) is 2. The van der Waals surface area contributed by atoms with Crippen LogP contribution in [0.1, 0.15) is 32.0 Å². The highest BCUT2D eigenvalue weighted by atomic mass is 28.4. The van der Waals surface area contributed by atoms with Gasteiger partial charge < -0.3 is 4.43 Å². The molecule has 0 amide bonds. The van der Waals surface area contributed by atoms with Crippen molar-refractivity contribution in [1.29, 1.82) is 0 Å². The summed E-state index contributed by atoms with van der Waals surface area (Å²) in [5.41, 5.74) is 1.81. The first-order valence-electron chi connectivity index (χ1n) is 11.8. The maximum absolute atomic E-state index is 12.4. The second-order valence-corrected chi connectivity index (χ2v) is 13.9. The van der Waals surface area contributed by atoms with Crippen molar-refractivity contribution in [3.63, 3.8) is 0 Å². The minimum absolute atomic E-state index is 0.0742. The fraction of sp³-hybridized carbons (Fsp3) is 0.241. The van der Waals surface area contributed by atoms with Gasteiger partial charge in [-0.25, -0.2) is 4.68 Å². The summed E-state index contributed by atoms with van der Waals surface area (Å²) in [5, 5.41) is 7.08. The molecule has 0 bridgehead atoms. The molecule has 3 aromatic carbocycles. The standard InChI is InChI=1S/C29H32N2O2Si/c1-29(2,3)34(26-15-9-5-10-16-26,27-17-11-6-12-18-27)33-22-21-25-19-20-28(32)31(30-25)23-24-13-7-4-8-14-24/h4-20H,21-23H2,1-3H3. The van der Waals surface area contributed by atoms with Gasteiger partial charge in [-0.1, -0.05) is 112 Å². The normalized spacial score (nSPS) is 12.0. The summed E-state index contributed by atoms with van der Waals surface area (Å²) in [6.07, 6.45) is 0.638. The summed E-state index contributed by atoms with van der Waals surface area (Å²) in [5.74, 6) is 0. The lowest BCUT2D eigenvalue weighted by atomic mass is 10.2. The first-order valence-corrected chi connectivity index (χ1v) is 13.7. The average Bonchev–Trinajstić information content (AvgIpc) is 2.85. The predicted molar refractivity (Wildman–Crippen MR) is 141 cm³/mol. The second-order valence-electron chi connectivity index (χ2n) is 9.57. The molecular weight excluding hydrogens is 436 g/mol. The van der Waals surface area contributed by atoms with Gasteiger partial charge in [0.1, 0.15) is 0 Å². The van der Waals surface area contributed by atoms with Crippen LogP contribution < -0.4 is 15.9 Å². The van der Waals surface area contributed by atoms with Crippen molar-refractivity contribution < 1.29 is 4.43 Å². The Labute approximate surface area is 203 Å². The van der Waals surface area contributed by atoms with Crippen LogP contribution in [-0.2, 0) is 17.4 Å². The molecule has 34 heavy (non-hydrogen) atoms. The first kappa shape index (κ1) is 23.9. The molecule has 0 unspecified atom stereocenters. The van der Waals surface area contributed by atoms with Crippen LogP contribution in [0.4, 0.5) is 0 Å². The van der Waals surface area contributed by atoms with E-state index in [1.165, 1.54) is 15.1 Å². The van der Waals surface area contributed by atoms with Gasteiger partial charge in [0.25, 0.3) is 13.9 Å². The van der Waals surface area contributed by atoms with Crippen LogP contribution in [0.2, 0.25) is 5.04 Å². The van der Waals surface area contributed by atoms with E-state index in [4.69, 9.17) is 4.43 Å². The fourth-order valence-corrected chi connectivity index (χ4v) is 9.13. The molecule has 0 atom stereocenters. The van der Waals surface area contributed by atoms with Crippen molar-refractivity contribution in [3.05, 3.63) is 125 Å². The Hall–Kier alpha value is -3.28. The Morgan fingerprint density at radius 2 is 1.29 bits per heavy atom. The highest BCUT2D eigenvalue weighted by molar-refractivity contribution is 6.99. The van der Waals surface area contributed by atoms with Gasteiger partial charge in [0, 0.05) is 19.1 Å². The predicted octanol–water partition coefficient (Wildman–Crippen LogP) is 4.41. The molecule has 174 valence electrons. The average molecular weight is 469 g/mol. The molecule has 0 saturated heterocycles. The summed E-state index contributed by atoms with van der Waals surface area (Å²) < 4.78 is 8.51. The van der Waals surface area contributed by atoms with Crippen LogP contribution in [0.25, 0.3) is 0 Å². The van der Waals surface area contributed by atoms with Crippen LogP contribution in [-0.4, -0.2) is 24.7 Å². The molecule has 0 spiro atoms. The van der Waals surface area contributed by atoms with Gasteiger partial charge in [-0.2, -0.15) is 5.10 Å². The van der Waals surface area contributed by atoms with Crippen molar-refractivity contribution in [3.8, 4) is 0 Å². The molecule has 5 heteroatoms. The molecule has 4 rings (SSSR count). The zero-order chi connectivity index (χ0) is 24.0. The minimum Gasteiger partial charge on any atom is -0.407 e. The summed E-state index contributed by atoms with van der Waals surface area (Å²) in [6, 6.07) is 34.6. The van der Waals surface area contributed by atoms with E-state index in [1.54, 1.807) is 6.07 Å². The van der Waals surface area contributed by atoms with E-state index in [1.807, 2.05) is 36.4 Å².